The van der Waals surface area contributed by atoms with E-state index >= 15 is 0 Å². The van der Waals surface area contributed by atoms with Gasteiger partial charge in [-0.25, -0.2) is 0 Å². The van der Waals surface area contributed by atoms with Crippen LogP contribution in [0.25, 0.3) is 10.8 Å². The summed E-state index contributed by atoms with van der Waals surface area (Å²) in [6.07, 6.45) is 1.67. The lowest BCUT2D eigenvalue weighted by Crippen LogP contribution is -2.23. The van der Waals surface area contributed by atoms with Crippen LogP contribution in [0.2, 0.25) is 0 Å². The van der Waals surface area contributed by atoms with Gasteiger partial charge in [0.2, 0.25) is 0 Å². The van der Waals surface area contributed by atoms with Crippen LogP contribution < -0.4 is 0 Å². The number of hydrogen-bond acceptors (Lipinski definition) is 2. The molecule has 0 bridgehead atoms. The fourth-order valence-corrected chi connectivity index (χ4v) is 2.89. The van der Waals surface area contributed by atoms with Gasteiger partial charge in [0, 0.05) is 5.92 Å². The van der Waals surface area contributed by atoms with E-state index < -0.39 is 0 Å². The lowest BCUT2D eigenvalue weighted by Gasteiger charge is -2.16. The molecular formula is C17H20O2. The first-order valence-electron chi connectivity index (χ1n) is 7.00. The molecule has 0 saturated carbocycles. The predicted molar refractivity (Wildman–Crippen MR) is 77.2 cm³/mol. The van der Waals surface area contributed by atoms with Crippen molar-refractivity contribution in [1.82, 2.24) is 0 Å². The van der Waals surface area contributed by atoms with Gasteiger partial charge in [0.25, 0.3) is 0 Å². The lowest BCUT2D eigenvalue weighted by molar-refractivity contribution is 0.0807. The van der Waals surface area contributed by atoms with E-state index in [1.54, 1.807) is 0 Å². The molecule has 0 radical (unpaired) electrons. The third-order valence-electron chi connectivity index (χ3n) is 4.03. The van der Waals surface area contributed by atoms with Crippen LogP contribution in [0, 0.1) is 5.92 Å². The van der Waals surface area contributed by atoms with Crippen molar-refractivity contribution in [2.24, 2.45) is 5.92 Å². The maximum Gasteiger partial charge on any atom is 0.0631 e. The molecule has 3 atom stereocenters. The Bertz CT molecular complexity index is 564. The molecule has 100 valence electrons. The van der Waals surface area contributed by atoms with Crippen LogP contribution in [0.5, 0.6) is 0 Å². The molecule has 2 heteroatoms. The topological polar surface area (TPSA) is 29.5 Å². The van der Waals surface area contributed by atoms with Crippen molar-refractivity contribution in [2.45, 2.75) is 32.0 Å². The molecule has 1 aliphatic rings. The Labute approximate surface area is 114 Å². The van der Waals surface area contributed by atoms with Crippen molar-refractivity contribution >= 4 is 10.8 Å². The maximum absolute atomic E-state index is 10.3. The largest absolute Gasteiger partial charge is 0.392 e. The lowest BCUT2D eigenvalue weighted by atomic mass is 9.93. The summed E-state index contributed by atoms with van der Waals surface area (Å²) in [5, 5.41) is 12.8. The number of aliphatic hydroxyl groups is 1. The van der Waals surface area contributed by atoms with E-state index in [9.17, 15) is 5.11 Å². The third-order valence-corrected chi connectivity index (χ3v) is 4.03. The van der Waals surface area contributed by atoms with Crippen LogP contribution in [-0.2, 0) is 11.2 Å². The van der Waals surface area contributed by atoms with E-state index in [0.717, 1.165) is 6.42 Å². The first kappa shape index (κ1) is 12.6. The number of rotatable bonds is 3. The van der Waals surface area contributed by atoms with Crippen molar-refractivity contribution in [3.63, 3.8) is 0 Å². The van der Waals surface area contributed by atoms with E-state index in [0.29, 0.717) is 13.0 Å². The zero-order valence-electron chi connectivity index (χ0n) is 11.3. The fourth-order valence-electron chi connectivity index (χ4n) is 2.89. The van der Waals surface area contributed by atoms with E-state index in [1.807, 2.05) is 6.07 Å². The highest BCUT2D eigenvalue weighted by Crippen LogP contribution is 2.25. The highest BCUT2D eigenvalue weighted by atomic mass is 16.5. The van der Waals surface area contributed by atoms with E-state index in [1.165, 1.54) is 16.3 Å². The molecular weight excluding hydrogens is 236 g/mol. The van der Waals surface area contributed by atoms with Gasteiger partial charge < -0.3 is 9.84 Å². The zero-order valence-corrected chi connectivity index (χ0v) is 11.3. The number of fused-ring (bicyclic) bond motifs is 1. The number of ether oxygens (including phenoxy) is 1. The van der Waals surface area contributed by atoms with Gasteiger partial charge in [-0.15, -0.1) is 0 Å². The van der Waals surface area contributed by atoms with Gasteiger partial charge in [0.15, 0.2) is 0 Å². The fraction of sp³-hybridized carbons (Fsp3) is 0.412. The third kappa shape index (κ3) is 2.80. The standard InChI is InChI=1S/C17H20O2/c1-12-8-16(11-19-12)17(18)10-13-6-7-14-4-2-3-5-15(14)9-13/h2-7,9,12,16-18H,8,10-11H2,1H3. The van der Waals surface area contributed by atoms with E-state index in [2.05, 4.69) is 43.3 Å². The van der Waals surface area contributed by atoms with Gasteiger partial charge in [0.05, 0.1) is 18.8 Å². The second-order valence-electron chi connectivity index (χ2n) is 5.59. The molecule has 3 unspecified atom stereocenters. The first-order chi connectivity index (χ1) is 9.22. The molecule has 19 heavy (non-hydrogen) atoms. The number of hydrogen-bond donors (Lipinski definition) is 1. The summed E-state index contributed by atoms with van der Waals surface area (Å²) in [4.78, 5) is 0. The molecule has 2 aromatic carbocycles. The van der Waals surface area contributed by atoms with E-state index in [-0.39, 0.29) is 18.1 Å². The summed E-state index contributed by atoms with van der Waals surface area (Å²) < 4.78 is 5.53. The van der Waals surface area contributed by atoms with Crippen molar-refractivity contribution < 1.29 is 9.84 Å². The average molecular weight is 256 g/mol. The minimum Gasteiger partial charge on any atom is -0.392 e. The second kappa shape index (κ2) is 5.32. The Morgan fingerprint density at radius 1 is 1.21 bits per heavy atom. The zero-order chi connectivity index (χ0) is 13.2. The Morgan fingerprint density at radius 3 is 2.74 bits per heavy atom. The molecule has 1 N–H and O–H groups in total. The predicted octanol–water partition coefficient (Wildman–Crippen LogP) is 3.17. The summed E-state index contributed by atoms with van der Waals surface area (Å²) >= 11 is 0. The Balaban J connectivity index is 1.74. The number of aliphatic hydroxyl groups excluding tert-OH is 1. The quantitative estimate of drug-likeness (QED) is 0.914. The highest BCUT2D eigenvalue weighted by molar-refractivity contribution is 5.82. The summed E-state index contributed by atoms with van der Waals surface area (Å²) in [6.45, 7) is 2.76. The van der Waals surface area contributed by atoms with Crippen LogP contribution in [-0.4, -0.2) is 23.9 Å². The minimum atomic E-state index is -0.300. The van der Waals surface area contributed by atoms with Crippen LogP contribution in [0.3, 0.4) is 0 Å². The Morgan fingerprint density at radius 2 is 2.00 bits per heavy atom. The smallest absolute Gasteiger partial charge is 0.0631 e. The SMILES string of the molecule is CC1CC(C(O)Cc2ccc3ccccc3c2)CO1. The maximum atomic E-state index is 10.3. The molecule has 0 amide bonds. The van der Waals surface area contributed by atoms with Gasteiger partial charge in [-0.05, 0) is 36.1 Å². The van der Waals surface area contributed by atoms with Gasteiger partial charge in [0.1, 0.15) is 0 Å². The Kier molecular flexibility index (Phi) is 3.54. The van der Waals surface area contributed by atoms with Gasteiger partial charge >= 0.3 is 0 Å². The molecule has 2 aromatic rings. The van der Waals surface area contributed by atoms with Crippen LogP contribution >= 0.6 is 0 Å². The molecule has 1 aliphatic heterocycles. The summed E-state index contributed by atoms with van der Waals surface area (Å²) in [5.74, 6) is 0.279. The average Bonchev–Trinajstić information content (AvgIpc) is 2.85. The minimum absolute atomic E-state index is 0.279. The molecule has 1 heterocycles. The number of benzene rings is 2. The first-order valence-corrected chi connectivity index (χ1v) is 7.00. The van der Waals surface area contributed by atoms with Gasteiger partial charge in [-0.2, -0.15) is 0 Å². The highest BCUT2D eigenvalue weighted by Gasteiger charge is 2.28. The van der Waals surface area contributed by atoms with Crippen molar-refractivity contribution in [3.05, 3.63) is 48.0 Å². The summed E-state index contributed by atoms with van der Waals surface area (Å²) in [5.41, 5.74) is 1.20. The van der Waals surface area contributed by atoms with Crippen molar-refractivity contribution in [1.29, 1.82) is 0 Å². The molecule has 0 aliphatic carbocycles. The summed E-state index contributed by atoms with van der Waals surface area (Å²) in [7, 11) is 0. The van der Waals surface area contributed by atoms with Gasteiger partial charge in [-0.3, -0.25) is 0 Å². The van der Waals surface area contributed by atoms with Crippen molar-refractivity contribution in [2.75, 3.05) is 6.61 Å². The molecule has 0 spiro atoms. The Hall–Kier alpha value is -1.38. The van der Waals surface area contributed by atoms with E-state index in [4.69, 9.17) is 4.74 Å². The molecule has 1 fully saturated rings. The summed E-state index contributed by atoms with van der Waals surface area (Å²) in [6, 6.07) is 14.8. The van der Waals surface area contributed by atoms with Crippen LogP contribution in [0.4, 0.5) is 0 Å². The second-order valence-corrected chi connectivity index (χ2v) is 5.59. The molecule has 2 nitrogen and oxygen atoms in total. The monoisotopic (exact) mass is 256 g/mol. The molecule has 1 saturated heterocycles. The van der Waals surface area contributed by atoms with Crippen molar-refractivity contribution in [3.8, 4) is 0 Å². The van der Waals surface area contributed by atoms with Crippen LogP contribution in [0.1, 0.15) is 18.9 Å². The molecule has 0 aromatic heterocycles. The van der Waals surface area contributed by atoms with Crippen LogP contribution in [0.15, 0.2) is 42.5 Å². The molecule has 3 rings (SSSR count). The normalized spacial score (nSPS) is 24.7. The van der Waals surface area contributed by atoms with Gasteiger partial charge in [-0.1, -0.05) is 42.5 Å².